The van der Waals surface area contributed by atoms with E-state index in [-0.39, 0.29) is 5.78 Å². The number of hydrogen-bond donors (Lipinski definition) is 1. The fourth-order valence-electron chi connectivity index (χ4n) is 2.38. The monoisotopic (exact) mass is 335 g/mol. The van der Waals surface area contributed by atoms with Crippen molar-refractivity contribution in [1.82, 2.24) is 9.97 Å². The molecule has 3 aromatic rings. The van der Waals surface area contributed by atoms with Gasteiger partial charge in [0.05, 0.1) is 0 Å². The number of aryl methyl sites for hydroxylation is 1. The van der Waals surface area contributed by atoms with Crippen LogP contribution in [0.5, 0.6) is 0 Å². The molecule has 0 aliphatic rings. The van der Waals surface area contributed by atoms with E-state index in [9.17, 15) is 4.79 Å². The fourth-order valence-corrected chi connectivity index (χ4v) is 3.48. The Morgan fingerprint density at radius 1 is 1.00 bits per heavy atom. The first-order valence-corrected chi connectivity index (χ1v) is 8.43. The van der Waals surface area contributed by atoms with Gasteiger partial charge in [-0.25, -0.2) is 9.97 Å². The van der Waals surface area contributed by atoms with Gasteiger partial charge in [-0.05, 0) is 12.5 Å². The second kappa shape index (κ2) is 7.27. The SMILES string of the molecule is Cc1cc(N)nc(S[C@@H](C(=O)c2ccccc2)c2ccccc2)n1. The van der Waals surface area contributed by atoms with Crippen molar-refractivity contribution in [2.45, 2.75) is 17.3 Å². The lowest BCUT2D eigenvalue weighted by Gasteiger charge is -2.15. The van der Waals surface area contributed by atoms with Crippen LogP contribution in [0, 0.1) is 6.92 Å². The van der Waals surface area contributed by atoms with Crippen molar-refractivity contribution in [2.75, 3.05) is 5.73 Å². The molecule has 5 heteroatoms. The van der Waals surface area contributed by atoms with Crippen LogP contribution < -0.4 is 5.73 Å². The molecule has 2 N–H and O–H groups in total. The van der Waals surface area contributed by atoms with E-state index in [1.807, 2.05) is 67.6 Å². The molecule has 0 aliphatic heterocycles. The highest BCUT2D eigenvalue weighted by atomic mass is 32.2. The number of nitrogens with zero attached hydrogens (tertiary/aromatic N) is 2. The molecule has 0 bridgehead atoms. The average molecular weight is 335 g/mol. The summed E-state index contributed by atoms with van der Waals surface area (Å²) >= 11 is 1.32. The molecule has 2 aromatic carbocycles. The highest BCUT2D eigenvalue weighted by Gasteiger charge is 2.24. The molecule has 4 nitrogen and oxygen atoms in total. The van der Waals surface area contributed by atoms with E-state index in [4.69, 9.17) is 5.73 Å². The summed E-state index contributed by atoms with van der Waals surface area (Å²) in [5.41, 5.74) is 8.18. The van der Waals surface area contributed by atoms with Gasteiger partial charge in [-0.3, -0.25) is 4.79 Å². The van der Waals surface area contributed by atoms with Gasteiger partial charge >= 0.3 is 0 Å². The summed E-state index contributed by atoms with van der Waals surface area (Å²) in [5.74, 6) is 0.430. The number of rotatable bonds is 5. The molecule has 1 atom stereocenters. The largest absolute Gasteiger partial charge is 0.384 e. The molecule has 1 aromatic heterocycles. The van der Waals surface area contributed by atoms with Crippen molar-refractivity contribution in [1.29, 1.82) is 0 Å². The quantitative estimate of drug-likeness (QED) is 0.432. The first-order chi connectivity index (χ1) is 11.6. The molecule has 0 amide bonds. The molecule has 24 heavy (non-hydrogen) atoms. The van der Waals surface area contributed by atoms with Crippen LogP contribution in [-0.4, -0.2) is 15.8 Å². The molecule has 1 heterocycles. The van der Waals surface area contributed by atoms with Gasteiger partial charge in [-0.1, -0.05) is 72.4 Å². The van der Waals surface area contributed by atoms with Crippen molar-refractivity contribution in [2.24, 2.45) is 0 Å². The average Bonchev–Trinajstić information content (AvgIpc) is 2.60. The zero-order chi connectivity index (χ0) is 16.9. The molecule has 0 radical (unpaired) electrons. The van der Waals surface area contributed by atoms with Crippen LogP contribution in [-0.2, 0) is 0 Å². The van der Waals surface area contributed by atoms with Crippen molar-refractivity contribution in [3.8, 4) is 0 Å². The Hall–Kier alpha value is -2.66. The summed E-state index contributed by atoms with van der Waals surface area (Å²) < 4.78 is 0. The number of carbonyl (C=O) groups excluding carboxylic acids is 1. The Balaban J connectivity index is 1.98. The number of Topliss-reactive ketones (excluding diaryl/α,β-unsaturated/α-hetero) is 1. The van der Waals surface area contributed by atoms with Crippen LogP contribution in [0.15, 0.2) is 71.9 Å². The first kappa shape index (κ1) is 16.2. The minimum absolute atomic E-state index is 0.0236. The van der Waals surface area contributed by atoms with E-state index in [0.29, 0.717) is 16.5 Å². The summed E-state index contributed by atoms with van der Waals surface area (Å²) in [6.07, 6.45) is 0. The minimum atomic E-state index is -0.421. The number of benzene rings is 2. The van der Waals surface area contributed by atoms with E-state index in [1.54, 1.807) is 6.07 Å². The number of aromatic nitrogens is 2. The molecule has 0 saturated heterocycles. The van der Waals surface area contributed by atoms with E-state index in [0.717, 1.165) is 11.3 Å². The second-order valence-electron chi connectivity index (χ2n) is 5.36. The van der Waals surface area contributed by atoms with Crippen LogP contribution in [0.4, 0.5) is 5.82 Å². The highest BCUT2D eigenvalue weighted by molar-refractivity contribution is 8.00. The molecule has 120 valence electrons. The van der Waals surface area contributed by atoms with Crippen molar-refractivity contribution in [3.05, 3.63) is 83.6 Å². The standard InChI is InChI=1S/C19H17N3OS/c1-13-12-16(20)22-19(21-13)24-18(15-10-6-3-7-11-15)17(23)14-8-4-2-5-9-14/h2-12,18H,1H3,(H2,20,21,22)/t18-/m1/s1. The zero-order valence-corrected chi connectivity index (χ0v) is 14.0. The third-order valence-corrected chi connectivity index (χ3v) is 4.59. The lowest BCUT2D eigenvalue weighted by atomic mass is 10.0. The van der Waals surface area contributed by atoms with Crippen LogP contribution in [0.1, 0.15) is 26.9 Å². The number of carbonyl (C=O) groups is 1. The van der Waals surface area contributed by atoms with Gasteiger partial charge < -0.3 is 5.73 Å². The summed E-state index contributed by atoms with van der Waals surface area (Å²) in [7, 11) is 0. The normalized spacial score (nSPS) is 11.9. The van der Waals surface area contributed by atoms with Gasteiger partial charge in [-0.2, -0.15) is 0 Å². The number of nitrogens with two attached hydrogens (primary N) is 1. The molecular formula is C19H17N3OS. The molecule has 3 rings (SSSR count). The Labute approximate surface area is 145 Å². The molecular weight excluding hydrogens is 318 g/mol. The summed E-state index contributed by atoms with van der Waals surface area (Å²) in [5, 5.41) is 0.0837. The predicted octanol–water partition coefficient (Wildman–Crippen LogP) is 4.08. The number of thioether (sulfide) groups is 1. The molecule has 0 spiro atoms. The fraction of sp³-hybridized carbons (Fsp3) is 0.105. The second-order valence-corrected chi connectivity index (χ2v) is 6.43. The number of ketones is 1. The predicted molar refractivity (Wildman–Crippen MR) is 97.0 cm³/mol. The van der Waals surface area contributed by atoms with Crippen LogP contribution in [0.2, 0.25) is 0 Å². The number of anilines is 1. The maximum atomic E-state index is 13.0. The first-order valence-electron chi connectivity index (χ1n) is 7.55. The van der Waals surface area contributed by atoms with E-state index >= 15 is 0 Å². The van der Waals surface area contributed by atoms with Crippen molar-refractivity contribution >= 4 is 23.4 Å². The van der Waals surface area contributed by atoms with Gasteiger partial charge in [0.25, 0.3) is 0 Å². The van der Waals surface area contributed by atoms with Gasteiger partial charge in [0, 0.05) is 17.3 Å². The van der Waals surface area contributed by atoms with Crippen molar-refractivity contribution in [3.63, 3.8) is 0 Å². The minimum Gasteiger partial charge on any atom is -0.384 e. The topological polar surface area (TPSA) is 68.9 Å². The van der Waals surface area contributed by atoms with Gasteiger partial charge in [0.15, 0.2) is 10.9 Å². The Bertz CT molecular complexity index is 817. The third-order valence-electron chi connectivity index (χ3n) is 3.48. The van der Waals surface area contributed by atoms with Crippen molar-refractivity contribution < 1.29 is 4.79 Å². The van der Waals surface area contributed by atoms with E-state index < -0.39 is 5.25 Å². The Morgan fingerprint density at radius 3 is 2.25 bits per heavy atom. The number of nitrogen functional groups attached to an aromatic ring is 1. The molecule has 0 unspecified atom stereocenters. The van der Waals surface area contributed by atoms with Gasteiger partial charge in [0.2, 0.25) is 0 Å². The van der Waals surface area contributed by atoms with Gasteiger partial charge in [0.1, 0.15) is 11.1 Å². The van der Waals surface area contributed by atoms with E-state index in [1.165, 1.54) is 11.8 Å². The maximum Gasteiger partial charge on any atom is 0.190 e. The summed E-state index contributed by atoms with van der Waals surface area (Å²) in [6.45, 7) is 1.86. The van der Waals surface area contributed by atoms with Crippen LogP contribution in [0.25, 0.3) is 0 Å². The smallest absolute Gasteiger partial charge is 0.190 e. The lowest BCUT2D eigenvalue weighted by Crippen LogP contribution is -2.11. The third kappa shape index (κ3) is 3.81. The number of hydrogen-bond acceptors (Lipinski definition) is 5. The summed E-state index contributed by atoms with van der Waals surface area (Å²) in [4.78, 5) is 21.7. The van der Waals surface area contributed by atoms with Gasteiger partial charge in [-0.15, -0.1) is 0 Å². The Morgan fingerprint density at radius 2 is 1.62 bits per heavy atom. The highest BCUT2D eigenvalue weighted by Crippen LogP contribution is 2.36. The van der Waals surface area contributed by atoms with E-state index in [2.05, 4.69) is 9.97 Å². The molecule has 0 aliphatic carbocycles. The zero-order valence-electron chi connectivity index (χ0n) is 13.2. The summed E-state index contributed by atoms with van der Waals surface area (Å²) in [6, 6.07) is 20.6. The maximum absolute atomic E-state index is 13.0. The Kier molecular flexibility index (Phi) is 4.91. The lowest BCUT2D eigenvalue weighted by molar-refractivity contribution is 0.0989. The van der Waals surface area contributed by atoms with Crippen LogP contribution >= 0.6 is 11.8 Å². The molecule has 0 saturated carbocycles. The molecule has 0 fully saturated rings. The van der Waals surface area contributed by atoms with Crippen LogP contribution in [0.3, 0.4) is 0 Å².